The molecule has 1 amide bonds. The fourth-order valence-corrected chi connectivity index (χ4v) is 2.21. The van der Waals surface area contributed by atoms with Crippen LogP contribution in [0.2, 0.25) is 0 Å². The highest BCUT2D eigenvalue weighted by atomic mass is 16.3. The second kappa shape index (κ2) is 5.12. The van der Waals surface area contributed by atoms with Crippen LogP contribution in [0.25, 0.3) is 0 Å². The van der Waals surface area contributed by atoms with Gasteiger partial charge in [-0.25, -0.2) is 0 Å². The summed E-state index contributed by atoms with van der Waals surface area (Å²) in [7, 11) is 0. The Morgan fingerprint density at radius 3 is 2.56 bits per heavy atom. The molecule has 1 aromatic heterocycles. The van der Waals surface area contributed by atoms with Gasteiger partial charge in [-0.15, -0.1) is 0 Å². The van der Waals surface area contributed by atoms with Gasteiger partial charge >= 0.3 is 0 Å². The molecule has 0 atom stereocenters. The first-order valence-corrected chi connectivity index (χ1v) is 6.31. The van der Waals surface area contributed by atoms with Gasteiger partial charge < -0.3 is 15.1 Å². The number of nitrogens with two attached hydrogens (primary N) is 1. The lowest BCUT2D eigenvalue weighted by Crippen LogP contribution is -2.58. The number of carbonyl (C=O) groups excluding carboxylic acids is 1. The molecule has 18 heavy (non-hydrogen) atoms. The normalized spacial score (nSPS) is 18.1. The topological polar surface area (TPSA) is 62.7 Å². The number of piperazine rings is 1. The van der Waals surface area contributed by atoms with E-state index in [1.807, 2.05) is 4.90 Å². The third kappa shape index (κ3) is 2.57. The molecular weight excluding hydrogens is 230 g/mol. The standard InChI is InChI=1S/C13H21N3O2/c1-13(2,10-14)16-6-4-15(5-7-16)12(17)11-3-8-18-9-11/h3,8-9H,4-7,10,14H2,1-2H3. The van der Waals surface area contributed by atoms with Crippen molar-refractivity contribution in [2.45, 2.75) is 19.4 Å². The predicted molar refractivity (Wildman–Crippen MR) is 69.3 cm³/mol. The Hall–Kier alpha value is -1.33. The fourth-order valence-electron chi connectivity index (χ4n) is 2.21. The molecule has 1 fully saturated rings. The summed E-state index contributed by atoms with van der Waals surface area (Å²) < 4.78 is 4.94. The minimum absolute atomic E-state index is 0.00474. The Labute approximate surface area is 108 Å². The van der Waals surface area contributed by atoms with Crippen molar-refractivity contribution in [1.29, 1.82) is 0 Å². The summed E-state index contributed by atoms with van der Waals surface area (Å²) in [6, 6.07) is 1.71. The van der Waals surface area contributed by atoms with Crippen LogP contribution in [0.3, 0.4) is 0 Å². The second-order valence-electron chi connectivity index (χ2n) is 5.31. The van der Waals surface area contributed by atoms with Crippen molar-refractivity contribution in [2.75, 3.05) is 32.7 Å². The molecule has 1 aromatic rings. The third-order valence-corrected chi connectivity index (χ3v) is 3.69. The first-order chi connectivity index (χ1) is 8.54. The van der Waals surface area contributed by atoms with Gasteiger partial charge in [0, 0.05) is 38.3 Å². The van der Waals surface area contributed by atoms with Gasteiger partial charge in [-0.3, -0.25) is 9.69 Å². The zero-order valence-electron chi connectivity index (χ0n) is 11.1. The summed E-state index contributed by atoms with van der Waals surface area (Å²) >= 11 is 0. The zero-order valence-corrected chi connectivity index (χ0v) is 11.1. The quantitative estimate of drug-likeness (QED) is 0.862. The molecule has 0 radical (unpaired) electrons. The van der Waals surface area contributed by atoms with Crippen LogP contribution in [0.4, 0.5) is 0 Å². The average Bonchev–Trinajstić information content (AvgIpc) is 2.92. The van der Waals surface area contributed by atoms with Crippen molar-refractivity contribution in [1.82, 2.24) is 9.80 Å². The molecular formula is C13H21N3O2. The van der Waals surface area contributed by atoms with Crippen LogP contribution in [0.1, 0.15) is 24.2 Å². The maximum atomic E-state index is 12.1. The van der Waals surface area contributed by atoms with Gasteiger partial charge in [0.1, 0.15) is 6.26 Å². The van der Waals surface area contributed by atoms with Crippen LogP contribution in [-0.4, -0.2) is 54.0 Å². The number of amides is 1. The average molecular weight is 251 g/mol. The molecule has 0 unspecified atom stereocenters. The van der Waals surface area contributed by atoms with E-state index in [1.165, 1.54) is 12.5 Å². The predicted octanol–water partition coefficient (Wildman–Crippen LogP) is 0.775. The van der Waals surface area contributed by atoms with Crippen molar-refractivity contribution in [2.24, 2.45) is 5.73 Å². The van der Waals surface area contributed by atoms with Crippen molar-refractivity contribution in [3.63, 3.8) is 0 Å². The van der Waals surface area contributed by atoms with E-state index in [1.54, 1.807) is 6.07 Å². The first-order valence-electron chi connectivity index (χ1n) is 6.31. The van der Waals surface area contributed by atoms with Gasteiger partial charge in [0.15, 0.2) is 0 Å². The molecule has 5 heteroatoms. The molecule has 2 N–H and O–H groups in total. The molecule has 2 heterocycles. The zero-order chi connectivity index (χ0) is 13.2. The summed E-state index contributed by atoms with van der Waals surface area (Å²) in [5, 5.41) is 0. The van der Waals surface area contributed by atoms with Gasteiger partial charge in [-0.2, -0.15) is 0 Å². The van der Waals surface area contributed by atoms with E-state index >= 15 is 0 Å². The summed E-state index contributed by atoms with van der Waals surface area (Å²) in [5.41, 5.74) is 6.41. The highest BCUT2D eigenvalue weighted by molar-refractivity contribution is 5.93. The third-order valence-electron chi connectivity index (χ3n) is 3.69. The minimum atomic E-state index is 0.00474. The maximum absolute atomic E-state index is 12.1. The molecule has 0 aliphatic carbocycles. The van der Waals surface area contributed by atoms with Crippen LogP contribution in [0.5, 0.6) is 0 Å². The number of hydrogen-bond donors (Lipinski definition) is 1. The van der Waals surface area contributed by atoms with Gasteiger partial charge in [-0.05, 0) is 19.9 Å². The summed E-state index contributed by atoms with van der Waals surface area (Å²) in [4.78, 5) is 16.3. The Bertz CT molecular complexity index is 392. The lowest BCUT2D eigenvalue weighted by Gasteiger charge is -2.43. The van der Waals surface area contributed by atoms with Crippen LogP contribution >= 0.6 is 0 Å². The van der Waals surface area contributed by atoms with Gasteiger partial charge in [-0.1, -0.05) is 0 Å². The molecule has 5 nitrogen and oxygen atoms in total. The monoisotopic (exact) mass is 251 g/mol. The highest BCUT2D eigenvalue weighted by Crippen LogP contribution is 2.17. The fraction of sp³-hybridized carbons (Fsp3) is 0.615. The molecule has 1 saturated heterocycles. The van der Waals surface area contributed by atoms with Crippen LogP contribution in [-0.2, 0) is 0 Å². The van der Waals surface area contributed by atoms with Crippen LogP contribution in [0.15, 0.2) is 23.0 Å². The van der Waals surface area contributed by atoms with Gasteiger partial charge in [0.25, 0.3) is 5.91 Å². The van der Waals surface area contributed by atoms with Gasteiger partial charge in [0.2, 0.25) is 0 Å². The summed E-state index contributed by atoms with van der Waals surface area (Å²) in [5.74, 6) is 0.0500. The van der Waals surface area contributed by atoms with E-state index in [0.717, 1.165) is 26.2 Å². The van der Waals surface area contributed by atoms with Crippen molar-refractivity contribution < 1.29 is 9.21 Å². The van der Waals surface area contributed by atoms with E-state index in [-0.39, 0.29) is 11.4 Å². The Balaban J connectivity index is 1.93. The number of hydrogen-bond acceptors (Lipinski definition) is 4. The number of nitrogens with zero attached hydrogens (tertiary/aromatic N) is 2. The van der Waals surface area contributed by atoms with Crippen LogP contribution < -0.4 is 5.73 Å². The molecule has 1 aliphatic rings. The lowest BCUT2D eigenvalue weighted by atomic mass is 10.0. The van der Waals surface area contributed by atoms with E-state index in [9.17, 15) is 4.79 Å². The summed E-state index contributed by atoms with van der Waals surface area (Å²) in [6.07, 6.45) is 3.03. The molecule has 0 aromatic carbocycles. The molecule has 0 spiro atoms. The molecule has 0 saturated carbocycles. The Morgan fingerprint density at radius 2 is 2.06 bits per heavy atom. The van der Waals surface area contributed by atoms with E-state index in [2.05, 4.69) is 18.7 Å². The second-order valence-corrected chi connectivity index (χ2v) is 5.31. The first kappa shape index (κ1) is 13.1. The largest absolute Gasteiger partial charge is 0.472 e. The van der Waals surface area contributed by atoms with Crippen molar-refractivity contribution >= 4 is 5.91 Å². The molecule has 0 bridgehead atoms. The van der Waals surface area contributed by atoms with Crippen LogP contribution in [0, 0.1) is 0 Å². The van der Waals surface area contributed by atoms with Gasteiger partial charge in [0.05, 0.1) is 11.8 Å². The Kier molecular flexibility index (Phi) is 3.73. The number of rotatable bonds is 3. The van der Waals surface area contributed by atoms with E-state index in [4.69, 9.17) is 10.2 Å². The number of carbonyl (C=O) groups is 1. The smallest absolute Gasteiger partial charge is 0.257 e. The highest BCUT2D eigenvalue weighted by Gasteiger charge is 2.30. The SMILES string of the molecule is CC(C)(CN)N1CCN(C(=O)c2ccoc2)CC1. The molecule has 1 aliphatic heterocycles. The minimum Gasteiger partial charge on any atom is -0.472 e. The molecule has 100 valence electrons. The van der Waals surface area contributed by atoms with E-state index < -0.39 is 0 Å². The molecule has 2 rings (SSSR count). The Morgan fingerprint density at radius 1 is 1.39 bits per heavy atom. The summed E-state index contributed by atoms with van der Waals surface area (Å²) in [6.45, 7) is 8.13. The lowest BCUT2D eigenvalue weighted by molar-refractivity contribution is 0.0426. The van der Waals surface area contributed by atoms with Crippen molar-refractivity contribution in [3.05, 3.63) is 24.2 Å². The van der Waals surface area contributed by atoms with E-state index in [0.29, 0.717) is 12.1 Å². The number of furan rings is 1. The maximum Gasteiger partial charge on any atom is 0.257 e. The van der Waals surface area contributed by atoms with Crippen molar-refractivity contribution in [3.8, 4) is 0 Å².